The molecule has 1 fully saturated rings. The van der Waals surface area contributed by atoms with Crippen LogP contribution in [0.25, 0.3) is 0 Å². The highest BCUT2D eigenvalue weighted by Gasteiger charge is 2.16. The van der Waals surface area contributed by atoms with Gasteiger partial charge in [0.15, 0.2) is 0 Å². The average Bonchev–Trinajstić information content (AvgIpc) is 2.75. The number of amides is 1. The number of nitrogens with zero attached hydrogens (tertiary/aromatic N) is 1. The first kappa shape index (κ1) is 15.7. The molecule has 0 aliphatic carbocycles. The minimum absolute atomic E-state index is 0. The van der Waals surface area contributed by atoms with Crippen LogP contribution in [0.2, 0.25) is 0 Å². The van der Waals surface area contributed by atoms with Gasteiger partial charge in [0.2, 0.25) is 5.91 Å². The van der Waals surface area contributed by atoms with E-state index in [4.69, 9.17) is 4.74 Å². The van der Waals surface area contributed by atoms with E-state index < -0.39 is 0 Å². The van der Waals surface area contributed by atoms with Gasteiger partial charge in [0.05, 0.1) is 6.61 Å². The molecule has 0 radical (unpaired) electrons. The van der Waals surface area contributed by atoms with Crippen LogP contribution in [0.4, 0.5) is 0 Å². The van der Waals surface area contributed by atoms with Crippen molar-refractivity contribution in [3.63, 3.8) is 0 Å². The number of halogens is 1. The Morgan fingerprint density at radius 3 is 2.88 bits per heavy atom. The number of carbonyl (C=O) groups excluding carboxylic acids is 1. The van der Waals surface area contributed by atoms with E-state index in [1.54, 1.807) is 12.0 Å². The van der Waals surface area contributed by atoms with E-state index in [1.165, 1.54) is 12.8 Å². The van der Waals surface area contributed by atoms with Crippen molar-refractivity contribution in [2.45, 2.75) is 31.7 Å². The molecule has 0 bridgehead atoms. The van der Waals surface area contributed by atoms with Crippen LogP contribution >= 0.6 is 12.4 Å². The number of rotatable bonds is 6. The molecule has 5 heteroatoms. The maximum absolute atomic E-state index is 11.6. The number of hydrogen-bond donors (Lipinski definition) is 1. The number of likely N-dealkylation sites (N-methyl/N-ethyl adjacent to an activating group) is 1. The fourth-order valence-corrected chi connectivity index (χ4v) is 1.84. The molecule has 1 rings (SSSR count). The van der Waals surface area contributed by atoms with Crippen LogP contribution in [-0.4, -0.2) is 50.7 Å². The lowest BCUT2D eigenvalue weighted by atomic mass is 10.1. The molecule has 0 aromatic heterocycles. The van der Waals surface area contributed by atoms with Gasteiger partial charge >= 0.3 is 0 Å². The first-order valence-electron chi connectivity index (χ1n) is 5.70. The molecule has 0 spiro atoms. The van der Waals surface area contributed by atoms with E-state index in [0.29, 0.717) is 25.6 Å². The number of carbonyl (C=O) groups is 1. The summed E-state index contributed by atoms with van der Waals surface area (Å²) in [6, 6.07) is 0.560. The number of nitrogens with one attached hydrogen (secondary N) is 1. The third-order valence-electron chi connectivity index (χ3n) is 2.93. The summed E-state index contributed by atoms with van der Waals surface area (Å²) in [5, 5.41) is 3.40. The Kier molecular flexibility index (Phi) is 8.61. The minimum atomic E-state index is 0. The number of methoxy groups -OCH3 is 1. The van der Waals surface area contributed by atoms with E-state index in [1.807, 2.05) is 7.05 Å². The maximum atomic E-state index is 11.6. The first-order valence-corrected chi connectivity index (χ1v) is 5.70. The molecule has 0 saturated carbocycles. The van der Waals surface area contributed by atoms with Crippen LogP contribution in [0.15, 0.2) is 0 Å². The molecule has 1 aliphatic rings. The van der Waals surface area contributed by atoms with E-state index in [0.717, 1.165) is 13.0 Å². The summed E-state index contributed by atoms with van der Waals surface area (Å²) >= 11 is 0. The Bertz CT molecular complexity index is 196. The van der Waals surface area contributed by atoms with Gasteiger partial charge in [0.25, 0.3) is 0 Å². The Morgan fingerprint density at radius 2 is 2.31 bits per heavy atom. The normalized spacial score (nSPS) is 19.2. The molecule has 0 aromatic carbocycles. The van der Waals surface area contributed by atoms with Crippen LogP contribution in [0.5, 0.6) is 0 Å². The Balaban J connectivity index is 0.00000225. The fourth-order valence-electron chi connectivity index (χ4n) is 1.84. The van der Waals surface area contributed by atoms with Gasteiger partial charge in [-0.3, -0.25) is 4.79 Å². The molecule has 1 heterocycles. The van der Waals surface area contributed by atoms with Gasteiger partial charge in [-0.05, 0) is 25.8 Å². The quantitative estimate of drug-likeness (QED) is 0.766. The molecular weight excluding hydrogens is 228 g/mol. The number of ether oxygens (including phenoxy) is 1. The number of hydrogen-bond acceptors (Lipinski definition) is 3. The van der Waals surface area contributed by atoms with Crippen molar-refractivity contribution in [3.05, 3.63) is 0 Å². The second-order valence-corrected chi connectivity index (χ2v) is 4.14. The zero-order valence-corrected chi connectivity index (χ0v) is 11.0. The van der Waals surface area contributed by atoms with Gasteiger partial charge in [-0.1, -0.05) is 0 Å². The highest BCUT2D eigenvalue weighted by molar-refractivity contribution is 5.85. The SMILES string of the molecule is COCCN(C)C(=O)CCC1CCCN1.Cl. The third kappa shape index (κ3) is 5.68. The average molecular weight is 251 g/mol. The van der Waals surface area contributed by atoms with Crippen molar-refractivity contribution < 1.29 is 9.53 Å². The molecule has 96 valence electrons. The van der Waals surface area contributed by atoms with Gasteiger partial charge < -0.3 is 15.0 Å². The molecule has 1 N–H and O–H groups in total. The lowest BCUT2D eigenvalue weighted by Crippen LogP contribution is -2.31. The predicted octanol–water partition coefficient (Wildman–Crippen LogP) is 1.05. The first-order chi connectivity index (χ1) is 7.24. The van der Waals surface area contributed by atoms with Crippen molar-refractivity contribution in [2.24, 2.45) is 0 Å². The summed E-state index contributed by atoms with van der Waals surface area (Å²) in [6.45, 7) is 2.41. The Hall–Kier alpha value is -0.320. The molecule has 4 nitrogen and oxygen atoms in total. The van der Waals surface area contributed by atoms with Crippen molar-refractivity contribution in [1.82, 2.24) is 10.2 Å². The molecular formula is C11H23ClN2O2. The summed E-state index contributed by atoms with van der Waals surface area (Å²) in [5.74, 6) is 0.223. The summed E-state index contributed by atoms with van der Waals surface area (Å²) in [5.41, 5.74) is 0. The summed E-state index contributed by atoms with van der Waals surface area (Å²) in [6.07, 6.45) is 4.08. The lowest BCUT2D eigenvalue weighted by molar-refractivity contribution is -0.130. The molecule has 1 aliphatic heterocycles. The van der Waals surface area contributed by atoms with Crippen molar-refractivity contribution in [1.29, 1.82) is 0 Å². The summed E-state index contributed by atoms with van der Waals surface area (Å²) in [7, 11) is 3.49. The maximum Gasteiger partial charge on any atom is 0.222 e. The lowest BCUT2D eigenvalue weighted by Gasteiger charge is -2.17. The van der Waals surface area contributed by atoms with Crippen molar-refractivity contribution in [3.8, 4) is 0 Å². The molecule has 1 atom stereocenters. The smallest absolute Gasteiger partial charge is 0.222 e. The Labute approximate surface area is 104 Å². The van der Waals surface area contributed by atoms with Gasteiger partial charge in [0.1, 0.15) is 0 Å². The fraction of sp³-hybridized carbons (Fsp3) is 0.909. The topological polar surface area (TPSA) is 41.6 Å². The minimum Gasteiger partial charge on any atom is -0.383 e. The standard InChI is InChI=1S/C11H22N2O2.ClH/c1-13(8-9-15-2)11(14)6-5-10-4-3-7-12-10;/h10,12H,3-9H2,1-2H3;1H. The largest absolute Gasteiger partial charge is 0.383 e. The molecule has 16 heavy (non-hydrogen) atoms. The highest BCUT2D eigenvalue weighted by Crippen LogP contribution is 2.11. The van der Waals surface area contributed by atoms with Crippen molar-refractivity contribution >= 4 is 18.3 Å². The Morgan fingerprint density at radius 1 is 1.56 bits per heavy atom. The van der Waals surface area contributed by atoms with Crippen LogP contribution in [0.1, 0.15) is 25.7 Å². The molecule has 0 aromatic rings. The molecule has 1 unspecified atom stereocenters. The zero-order valence-electron chi connectivity index (χ0n) is 10.2. The summed E-state index contributed by atoms with van der Waals surface area (Å²) in [4.78, 5) is 13.4. The molecule has 1 saturated heterocycles. The van der Waals surface area contributed by atoms with Crippen LogP contribution in [0, 0.1) is 0 Å². The van der Waals surface area contributed by atoms with E-state index in [9.17, 15) is 4.79 Å². The summed E-state index contributed by atoms with van der Waals surface area (Å²) < 4.78 is 4.93. The van der Waals surface area contributed by atoms with Crippen molar-refractivity contribution in [2.75, 3.05) is 33.9 Å². The zero-order chi connectivity index (χ0) is 11.1. The third-order valence-corrected chi connectivity index (χ3v) is 2.93. The van der Waals surface area contributed by atoms with E-state index in [-0.39, 0.29) is 18.3 Å². The van der Waals surface area contributed by atoms with Crippen LogP contribution in [0.3, 0.4) is 0 Å². The van der Waals surface area contributed by atoms with E-state index in [2.05, 4.69) is 5.32 Å². The van der Waals surface area contributed by atoms with Crippen LogP contribution in [-0.2, 0) is 9.53 Å². The van der Waals surface area contributed by atoms with E-state index >= 15 is 0 Å². The highest BCUT2D eigenvalue weighted by atomic mass is 35.5. The molecule has 1 amide bonds. The monoisotopic (exact) mass is 250 g/mol. The second kappa shape index (κ2) is 8.79. The van der Waals surface area contributed by atoms with Gasteiger partial charge in [-0.15, -0.1) is 12.4 Å². The van der Waals surface area contributed by atoms with Gasteiger partial charge in [-0.25, -0.2) is 0 Å². The van der Waals surface area contributed by atoms with Gasteiger partial charge in [-0.2, -0.15) is 0 Å². The van der Waals surface area contributed by atoms with Crippen LogP contribution < -0.4 is 5.32 Å². The second-order valence-electron chi connectivity index (χ2n) is 4.14. The predicted molar refractivity (Wildman–Crippen MR) is 67.0 cm³/mol. The van der Waals surface area contributed by atoms with Gasteiger partial charge in [0, 0.05) is 33.2 Å².